The standard InChI is InChI=1S/C15H24N2O4/c1-3-11(4-2)17-9-10(8-13(17)18)14(19)16-7-5-6-12(16)15(20)21/h10-12H,3-9H2,1-2H3,(H,20,21)/t10-,12-/m0/s1. The molecule has 0 unspecified atom stereocenters. The number of amides is 2. The summed E-state index contributed by atoms with van der Waals surface area (Å²) in [7, 11) is 0. The predicted molar refractivity (Wildman–Crippen MR) is 76.6 cm³/mol. The van der Waals surface area contributed by atoms with Crippen molar-refractivity contribution < 1.29 is 19.5 Å². The summed E-state index contributed by atoms with van der Waals surface area (Å²) in [6, 6.07) is -0.529. The van der Waals surface area contributed by atoms with Gasteiger partial charge in [0.1, 0.15) is 6.04 Å². The van der Waals surface area contributed by atoms with Gasteiger partial charge in [0.15, 0.2) is 0 Å². The Morgan fingerprint density at radius 3 is 2.57 bits per heavy atom. The van der Waals surface area contributed by atoms with Crippen molar-refractivity contribution in [3.05, 3.63) is 0 Å². The SMILES string of the molecule is CCC(CC)N1C[C@@H](C(=O)N2CCC[C@H]2C(=O)O)CC1=O. The molecule has 0 saturated carbocycles. The number of carbonyl (C=O) groups is 3. The fourth-order valence-electron chi connectivity index (χ4n) is 3.50. The van der Waals surface area contributed by atoms with Crippen molar-refractivity contribution in [1.82, 2.24) is 9.80 Å². The molecule has 0 aromatic rings. The number of rotatable bonds is 5. The molecule has 2 atom stereocenters. The van der Waals surface area contributed by atoms with Gasteiger partial charge >= 0.3 is 5.97 Å². The van der Waals surface area contributed by atoms with E-state index in [1.165, 1.54) is 4.90 Å². The quantitative estimate of drug-likeness (QED) is 0.824. The zero-order chi connectivity index (χ0) is 15.6. The Balaban J connectivity index is 2.04. The molecular weight excluding hydrogens is 272 g/mol. The van der Waals surface area contributed by atoms with Crippen LogP contribution in [0.4, 0.5) is 0 Å². The molecule has 6 nitrogen and oxygen atoms in total. The molecule has 0 aromatic heterocycles. The van der Waals surface area contributed by atoms with E-state index in [1.807, 2.05) is 13.8 Å². The highest BCUT2D eigenvalue weighted by atomic mass is 16.4. The Kier molecular flexibility index (Phi) is 4.85. The fraction of sp³-hybridized carbons (Fsp3) is 0.800. The predicted octanol–water partition coefficient (Wildman–Crippen LogP) is 1.10. The number of carboxylic acids is 1. The van der Waals surface area contributed by atoms with E-state index >= 15 is 0 Å². The summed E-state index contributed by atoms with van der Waals surface area (Å²) >= 11 is 0. The molecule has 6 heteroatoms. The van der Waals surface area contributed by atoms with Gasteiger partial charge in [-0.3, -0.25) is 9.59 Å². The lowest BCUT2D eigenvalue weighted by Crippen LogP contribution is -2.44. The fourth-order valence-corrected chi connectivity index (χ4v) is 3.50. The Hall–Kier alpha value is -1.59. The minimum absolute atomic E-state index is 0.0214. The first-order valence-corrected chi connectivity index (χ1v) is 7.82. The van der Waals surface area contributed by atoms with Gasteiger partial charge in [0.25, 0.3) is 0 Å². The maximum Gasteiger partial charge on any atom is 0.326 e. The Labute approximate surface area is 125 Å². The smallest absolute Gasteiger partial charge is 0.326 e. The van der Waals surface area contributed by atoms with Crippen LogP contribution < -0.4 is 0 Å². The third-order valence-electron chi connectivity index (χ3n) is 4.71. The van der Waals surface area contributed by atoms with Crippen molar-refractivity contribution in [2.75, 3.05) is 13.1 Å². The van der Waals surface area contributed by atoms with Crippen LogP contribution in [-0.2, 0) is 14.4 Å². The molecule has 2 heterocycles. The molecule has 2 aliphatic heterocycles. The van der Waals surface area contributed by atoms with Crippen LogP contribution in [0.15, 0.2) is 0 Å². The highest BCUT2D eigenvalue weighted by Crippen LogP contribution is 2.27. The van der Waals surface area contributed by atoms with Gasteiger partial charge in [-0.15, -0.1) is 0 Å². The van der Waals surface area contributed by atoms with Gasteiger partial charge in [-0.2, -0.15) is 0 Å². The molecule has 21 heavy (non-hydrogen) atoms. The van der Waals surface area contributed by atoms with Crippen molar-refractivity contribution in [2.24, 2.45) is 5.92 Å². The van der Waals surface area contributed by atoms with Gasteiger partial charge in [-0.25, -0.2) is 4.79 Å². The van der Waals surface area contributed by atoms with E-state index in [9.17, 15) is 19.5 Å². The van der Waals surface area contributed by atoms with Gasteiger partial charge in [-0.1, -0.05) is 13.8 Å². The van der Waals surface area contributed by atoms with E-state index in [0.29, 0.717) is 19.5 Å². The number of carbonyl (C=O) groups excluding carboxylic acids is 2. The Morgan fingerprint density at radius 1 is 1.33 bits per heavy atom. The first-order chi connectivity index (χ1) is 9.99. The summed E-state index contributed by atoms with van der Waals surface area (Å²) < 4.78 is 0. The van der Waals surface area contributed by atoms with Crippen LogP contribution in [-0.4, -0.2) is 57.9 Å². The molecule has 0 aliphatic carbocycles. The zero-order valence-corrected chi connectivity index (χ0v) is 12.7. The molecule has 0 radical (unpaired) electrons. The second kappa shape index (κ2) is 6.45. The number of hydrogen-bond acceptors (Lipinski definition) is 3. The van der Waals surface area contributed by atoms with Crippen molar-refractivity contribution >= 4 is 17.8 Å². The third-order valence-corrected chi connectivity index (χ3v) is 4.71. The van der Waals surface area contributed by atoms with Crippen LogP contribution in [0.25, 0.3) is 0 Å². The minimum atomic E-state index is -0.943. The van der Waals surface area contributed by atoms with Gasteiger partial charge in [0.05, 0.1) is 5.92 Å². The second-order valence-electron chi connectivity index (χ2n) is 5.95. The average Bonchev–Trinajstić information content (AvgIpc) is 3.07. The minimum Gasteiger partial charge on any atom is -0.480 e. The van der Waals surface area contributed by atoms with Crippen molar-refractivity contribution in [2.45, 2.75) is 58.0 Å². The first kappa shape index (κ1) is 15.8. The molecule has 0 bridgehead atoms. The average molecular weight is 296 g/mol. The lowest BCUT2D eigenvalue weighted by atomic mass is 10.1. The molecule has 2 fully saturated rings. The topological polar surface area (TPSA) is 77.9 Å². The molecule has 118 valence electrons. The lowest BCUT2D eigenvalue weighted by molar-refractivity contribution is -0.149. The molecule has 2 aliphatic rings. The van der Waals surface area contributed by atoms with Crippen molar-refractivity contribution in [3.8, 4) is 0 Å². The summed E-state index contributed by atoms with van der Waals surface area (Å²) in [5, 5.41) is 9.17. The van der Waals surface area contributed by atoms with Gasteiger partial charge < -0.3 is 14.9 Å². The van der Waals surface area contributed by atoms with Gasteiger partial charge in [0.2, 0.25) is 11.8 Å². The van der Waals surface area contributed by atoms with E-state index < -0.39 is 12.0 Å². The summed E-state index contributed by atoms with van der Waals surface area (Å²) in [5.41, 5.74) is 0. The van der Waals surface area contributed by atoms with Crippen molar-refractivity contribution in [3.63, 3.8) is 0 Å². The molecule has 0 spiro atoms. The summed E-state index contributed by atoms with van der Waals surface area (Å²) in [4.78, 5) is 39.1. The van der Waals surface area contributed by atoms with E-state index in [0.717, 1.165) is 19.3 Å². The first-order valence-electron chi connectivity index (χ1n) is 7.82. The number of hydrogen-bond donors (Lipinski definition) is 1. The van der Waals surface area contributed by atoms with Crippen LogP contribution in [0.5, 0.6) is 0 Å². The largest absolute Gasteiger partial charge is 0.480 e. The van der Waals surface area contributed by atoms with E-state index in [2.05, 4.69) is 0 Å². The highest BCUT2D eigenvalue weighted by Gasteiger charge is 2.42. The molecular formula is C15H24N2O4. The maximum absolute atomic E-state index is 12.5. The van der Waals surface area contributed by atoms with Crippen LogP contribution in [0.3, 0.4) is 0 Å². The maximum atomic E-state index is 12.5. The third kappa shape index (κ3) is 3.04. The number of likely N-dealkylation sites (tertiary alicyclic amines) is 2. The number of aliphatic carboxylic acids is 1. The van der Waals surface area contributed by atoms with Gasteiger partial charge in [-0.05, 0) is 25.7 Å². The van der Waals surface area contributed by atoms with Crippen LogP contribution in [0.1, 0.15) is 46.0 Å². The summed E-state index contributed by atoms with van der Waals surface area (Å²) in [6.07, 6.45) is 3.21. The molecule has 2 rings (SSSR count). The van der Waals surface area contributed by atoms with Crippen LogP contribution >= 0.6 is 0 Å². The number of carboxylic acid groups (broad SMARTS) is 1. The highest BCUT2D eigenvalue weighted by molar-refractivity contribution is 5.91. The normalized spacial score (nSPS) is 26.0. The lowest BCUT2D eigenvalue weighted by Gasteiger charge is -2.27. The summed E-state index contributed by atoms with van der Waals surface area (Å²) in [6.45, 7) is 5.01. The van der Waals surface area contributed by atoms with Crippen LogP contribution in [0.2, 0.25) is 0 Å². The number of nitrogens with zero attached hydrogens (tertiary/aromatic N) is 2. The van der Waals surface area contributed by atoms with Gasteiger partial charge in [0, 0.05) is 25.6 Å². The van der Waals surface area contributed by atoms with E-state index in [4.69, 9.17) is 0 Å². The van der Waals surface area contributed by atoms with Crippen molar-refractivity contribution in [1.29, 1.82) is 0 Å². The molecule has 0 aromatic carbocycles. The molecule has 2 saturated heterocycles. The Morgan fingerprint density at radius 2 is 2.00 bits per heavy atom. The monoisotopic (exact) mass is 296 g/mol. The van der Waals surface area contributed by atoms with Crippen LogP contribution in [0, 0.1) is 5.92 Å². The zero-order valence-electron chi connectivity index (χ0n) is 12.7. The second-order valence-corrected chi connectivity index (χ2v) is 5.95. The van der Waals surface area contributed by atoms with E-state index in [1.54, 1.807) is 4.90 Å². The Bertz CT molecular complexity index is 433. The summed E-state index contributed by atoms with van der Waals surface area (Å²) in [5.74, 6) is -1.46. The molecule has 2 amide bonds. The van der Waals surface area contributed by atoms with E-state index in [-0.39, 0.29) is 30.2 Å². The molecule has 1 N–H and O–H groups in total.